The van der Waals surface area contributed by atoms with Crippen LogP contribution < -0.4 is 16.0 Å². The highest BCUT2D eigenvalue weighted by Crippen LogP contribution is 2.27. The summed E-state index contributed by atoms with van der Waals surface area (Å²) < 4.78 is 14.0. The van der Waals surface area contributed by atoms with Crippen molar-refractivity contribution < 1.29 is 14.0 Å². The fraction of sp³-hybridized carbons (Fsp3) is 0.500. The summed E-state index contributed by atoms with van der Waals surface area (Å²) in [5.74, 6) is -0.935. The molecule has 9 heteroatoms. The number of hydrogen-bond donors (Lipinski definition) is 4. The van der Waals surface area contributed by atoms with Gasteiger partial charge in [-0.1, -0.05) is 33.6 Å². The highest BCUT2D eigenvalue weighted by molar-refractivity contribution is 6.25. The molecule has 0 bridgehead atoms. The third-order valence-corrected chi connectivity index (χ3v) is 5.19. The summed E-state index contributed by atoms with van der Waals surface area (Å²) >= 11 is 0. The fourth-order valence-corrected chi connectivity index (χ4v) is 3.61. The van der Waals surface area contributed by atoms with Crippen LogP contribution in [0.4, 0.5) is 10.2 Å². The van der Waals surface area contributed by atoms with E-state index in [1.807, 2.05) is 20.8 Å². The zero-order chi connectivity index (χ0) is 22.6. The molecule has 3 rings (SSSR count). The first-order chi connectivity index (χ1) is 14.7. The number of benzene rings is 1. The van der Waals surface area contributed by atoms with Gasteiger partial charge in [-0.2, -0.15) is 0 Å². The lowest BCUT2D eigenvalue weighted by atomic mass is 9.90. The van der Waals surface area contributed by atoms with Crippen molar-refractivity contribution >= 4 is 34.7 Å². The third-order valence-electron chi connectivity index (χ3n) is 5.19. The molecule has 1 aliphatic carbocycles. The number of carbonyl (C=O) groups excluding carboxylic acids is 2. The van der Waals surface area contributed by atoms with Crippen molar-refractivity contribution in [2.75, 3.05) is 11.9 Å². The van der Waals surface area contributed by atoms with Crippen molar-refractivity contribution in [1.82, 2.24) is 20.6 Å². The van der Waals surface area contributed by atoms with Crippen LogP contribution in [0.2, 0.25) is 0 Å². The van der Waals surface area contributed by atoms with Crippen LogP contribution in [-0.4, -0.2) is 46.6 Å². The standard InChI is InChI=1S/C22H29FN6O2/c1-22(2,3)12-25-21(31)20-27-15-9-8-13(23)10-14(15)19(29-20)28-17-7-5-4-6-16(17)26-18(30)11-24/h8-11,16-17,24H,4-7,12H2,1-3H3,(H,25,31)(H,26,30)(H,27,28,29)/t16-,17+/m1/s1. The van der Waals surface area contributed by atoms with E-state index in [4.69, 9.17) is 5.41 Å². The van der Waals surface area contributed by atoms with Crippen molar-refractivity contribution in [1.29, 1.82) is 5.41 Å². The number of nitrogens with one attached hydrogen (secondary N) is 4. The maximum Gasteiger partial charge on any atom is 0.289 e. The number of carbonyl (C=O) groups is 2. The van der Waals surface area contributed by atoms with Gasteiger partial charge < -0.3 is 21.4 Å². The van der Waals surface area contributed by atoms with Gasteiger partial charge >= 0.3 is 0 Å². The van der Waals surface area contributed by atoms with Crippen LogP contribution in [0.25, 0.3) is 10.9 Å². The predicted molar refractivity (Wildman–Crippen MR) is 118 cm³/mol. The van der Waals surface area contributed by atoms with E-state index in [2.05, 4.69) is 25.9 Å². The van der Waals surface area contributed by atoms with E-state index < -0.39 is 17.6 Å². The average Bonchev–Trinajstić information content (AvgIpc) is 2.72. The van der Waals surface area contributed by atoms with Crippen LogP contribution in [0.3, 0.4) is 0 Å². The quantitative estimate of drug-likeness (QED) is 0.527. The Bertz CT molecular complexity index is 988. The van der Waals surface area contributed by atoms with Crippen LogP contribution in [0.5, 0.6) is 0 Å². The number of amides is 2. The molecule has 31 heavy (non-hydrogen) atoms. The van der Waals surface area contributed by atoms with E-state index in [9.17, 15) is 14.0 Å². The smallest absolute Gasteiger partial charge is 0.289 e. The van der Waals surface area contributed by atoms with Gasteiger partial charge in [0.1, 0.15) is 11.6 Å². The summed E-state index contributed by atoms with van der Waals surface area (Å²) in [5.41, 5.74) is 0.356. The molecule has 1 heterocycles. The summed E-state index contributed by atoms with van der Waals surface area (Å²) in [7, 11) is 0. The minimum atomic E-state index is -0.459. The van der Waals surface area contributed by atoms with Crippen LogP contribution in [0.1, 0.15) is 57.1 Å². The number of fused-ring (bicyclic) bond motifs is 1. The van der Waals surface area contributed by atoms with Crippen LogP contribution in [0.15, 0.2) is 18.2 Å². The highest BCUT2D eigenvalue weighted by atomic mass is 19.1. The van der Waals surface area contributed by atoms with Crippen molar-refractivity contribution in [3.63, 3.8) is 0 Å². The minimum Gasteiger partial charge on any atom is -0.365 e. The zero-order valence-electron chi connectivity index (χ0n) is 18.1. The van der Waals surface area contributed by atoms with E-state index in [0.29, 0.717) is 23.3 Å². The largest absolute Gasteiger partial charge is 0.365 e. The number of anilines is 1. The molecule has 8 nitrogen and oxygen atoms in total. The Morgan fingerprint density at radius 3 is 2.58 bits per heavy atom. The molecule has 1 aromatic heterocycles. The molecule has 0 unspecified atom stereocenters. The normalized spacial score (nSPS) is 19.0. The van der Waals surface area contributed by atoms with Crippen molar-refractivity contribution in [3.8, 4) is 0 Å². The van der Waals surface area contributed by atoms with E-state index in [0.717, 1.165) is 31.9 Å². The molecule has 0 radical (unpaired) electrons. The molecule has 2 atom stereocenters. The fourth-order valence-electron chi connectivity index (χ4n) is 3.61. The topological polar surface area (TPSA) is 120 Å². The molecule has 1 aromatic carbocycles. The lowest BCUT2D eigenvalue weighted by molar-refractivity contribution is -0.115. The van der Waals surface area contributed by atoms with E-state index in [1.165, 1.54) is 18.2 Å². The molecule has 0 spiro atoms. The maximum absolute atomic E-state index is 14.0. The molecule has 2 amide bonds. The third kappa shape index (κ3) is 5.96. The summed E-state index contributed by atoms with van der Waals surface area (Å²) in [6, 6.07) is 3.79. The summed E-state index contributed by atoms with van der Waals surface area (Å²) in [4.78, 5) is 33.1. The van der Waals surface area contributed by atoms with Crippen LogP contribution >= 0.6 is 0 Å². The number of hydrogen-bond acceptors (Lipinski definition) is 6. The first-order valence-electron chi connectivity index (χ1n) is 10.5. The molecule has 0 aliphatic heterocycles. The second kappa shape index (κ2) is 9.36. The van der Waals surface area contributed by atoms with E-state index in [-0.39, 0.29) is 23.3 Å². The maximum atomic E-state index is 14.0. The number of rotatable bonds is 6. The van der Waals surface area contributed by atoms with E-state index >= 15 is 0 Å². The predicted octanol–water partition coefficient (Wildman–Crippen LogP) is 3.03. The molecular weight excluding hydrogens is 399 g/mol. The molecule has 1 fully saturated rings. The molecule has 2 aromatic rings. The summed E-state index contributed by atoms with van der Waals surface area (Å²) in [6.07, 6.45) is 4.20. The monoisotopic (exact) mass is 428 g/mol. The van der Waals surface area contributed by atoms with Crippen molar-refractivity contribution in [2.45, 2.75) is 58.5 Å². The van der Waals surface area contributed by atoms with Gasteiger partial charge in [0.15, 0.2) is 0 Å². The lowest BCUT2D eigenvalue weighted by Gasteiger charge is -2.33. The Hall–Kier alpha value is -3.10. The molecule has 1 saturated carbocycles. The molecule has 4 N–H and O–H groups in total. The van der Waals surface area contributed by atoms with Gasteiger partial charge in [-0.3, -0.25) is 9.59 Å². The van der Waals surface area contributed by atoms with Gasteiger partial charge in [-0.25, -0.2) is 14.4 Å². The Morgan fingerprint density at radius 1 is 1.19 bits per heavy atom. The van der Waals surface area contributed by atoms with Crippen molar-refractivity contribution in [2.24, 2.45) is 5.41 Å². The van der Waals surface area contributed by atoms with E-state index in [1.54, 1.807) is 0 Å². The van der Waals surface area contributed by atoms with Gasteiger partial charge in [0, 0.05) is 24.0 Å². The highest BCUT2D eigenvalue weighted by Gasteiger charge is 2.27. The first-order valence-corrected chi connectivity index (χ1v) is 10.5. The van der Waals surface area contributed by atoms with Crippen molar-refractivity contribution in [3.05, 3.63) is 29.8 Å². The average molecular weight is 429 g/mol. The van der Waals surface area contributed by atoms with Crippen LogP contribution in [0, 0.1) is 16.6 Å². The number of halogens is 1. The van der Waals surface area contributed by atoms with Gasteiger partial charge in [0.25, 0.3) is 11.8 Å². The molecule has 1 aliphatic rings. The lowest BCUT2D eigenvalue weighted by Crippen LogP contribution is -2.49. The molecule has 166 valence electrons. The number of aromatic nitrogens is 2. The van der Waals surface area contributed by atoms with Gasteiger partial charge in [-0.05, 0) is 36.5 Å². The summed E-state index contributed by atoms with van der Waals surface area (Å²) in [5, 5.41) is 16.6. The Kier molecular flexibility index (Phi) is 6.82. The SMILES string of the molecule is CC(C)(C)CNC(=O)c1nc(N[C@H]2CCCC[C@H]2NC(=O)C=N)c2cc(F)ccc2n1. The molecular formula is C22H29FN6O2. The minimum absolute atomic E-state index is 0.00162. The second-order valence-electron chi connectivity index (χ2n) is 9.10. The number of nitrogens with zero attached hydrogens (tertiary/aromatic N) is 2. The first kappa shape index (κ1) is 22.6. The zero-order valence-corrected chi connectivity index (χ0v) is 18.1. The Morgan fingerprint density at radius 2 is 1.90 bits per heavy atom. The van der Waals surface area contributed by atoms with Gasteiger partial charge in [0.2, 0.25) is 5.82 Å². The van der Waals surface area contributed by atoms with Crippen LogP contribution in [-0.2, 0) is 4.79 Å². The summed E-state index contributed by atoms with van der Waals surface area (Å²) in [6.45, 7) is 6.49. The Balaban J connectivity index is 1.93. The van der Waals surface area contributed by atoms with Gasteiger partial charge in [-0.15, -0.1) is 0 Å². The Labute approximate surface area is 180 Å². The second-order valence-corrected chi connectivity index (χ2v) is 9.10. The molecule has 0 saturated heterocycles. The van der Waals surface area contributed by atoms with Gasteiger partial charge in [0.05, 0.1) is 11.7 Å².